The second-order valence-corrected chi connectivity index (χ2v) is 5.11. The average molecular weight is 237 g/mol. The van der Waals surface area contributed by atoms with Crippen molar-refractivity contribution in [2.24, 2.45) is 5.73 Å². The Morgan fingerprint density at radius 1 is 0.944 bits per heavy atom. The molecule has 0 aromatic heterocycles. The van der Waals surface area contributed by atoms with Crippen LogP contribution in [-0.4, -0.2) is 0 Å². The van der Waals surface area contributed by atoms with Gasteiger partial charge in [-0.1, -0.05) is 48.0 Å². The van der Waals surface area contributed by atoms with E-state index in [4.69, 9.17) is 5.73 Å². The molecule has 1 aliphatic carbocycles. The predicted molar refractivity (Wildman–Crippen MR) is 77.4 cm³/mol. The van der Waals surface area contributed by atoms with Crippen LogP contribution in [-0.2, 0) is 0 Å². The Morgan fingerprint density at radius 3 is 2.56 bits per heavy atom. The molecule has 1 nitrogen and oxygen atoms in total. The molecular weight excluding hydrogens is 218 g/mol. The fourth-order valence-corrected chi connectivity index (χ4v) is 2.76. The average Bonchev–Trinajstić information content (AvgIpc) is 2.47. The van der Waals surface area contributed by atoms with Crippen LogP contribution in [0.15, 0.2) is 54.1 Å². The van der Waals surface area contributed by atoms with Gasteiger partial charge in [-0.15, -0.1) is 0 Å². The van der Waals surface area contributed by atoms with Crippen molar-refractivity contribution in [3.63, 3.8) is 0 Å². The molecule has 0 heterocycles. The van der Waals surface area contributed by atoms with Gasteiger partial charge in [0.25, 0.3) is 0 Å². The van der Waals surface area contributed by atoms with Crippen molar-refractivity contribution >= 4 is 10.8 Å². The van der Waals surface area contributed by atoms with E-state index >= 15 is 0 Å². The fraction of sp³-hybridized carbons (Fsp3) is 0.294. The summed E-state index contributed by atoms with van der Waals surface area (Å²) in [5, 5.41) is 2.56. The van der Waals surface area contributed by atoms with Gasteiger partial charge in [0.05, 0.1) is 6.04 Å². The molecule has 1 aliphatic rings. The normalized spacial score (nSPS) is 17.5. The highest BCUT2D eigenvalue weighted by molar-refractivity contribution is 5.83. The van der Waals surface area contributed by atoms with Crippen LogP contribution in [0, 0.1) is 0 Å². The number of benzene rings is 2. The Balaban J connectivity index is 1.96. The van der Waals surface area contributed by atoms with E-state index in [1.54, 1.807) is 0 Å². The lowest BCUT2D eigenvalue weighted by molar-refractivity contribution is 0.648. The molecule has 0 fully saturated rings. The first kappa shape index (κ1) is 11.5. The molecule has 0 saturated carbocycles. The zero-order valence-electron chi connectivity index (χ0n) is 10.6. The topological polar surface area (TPSA) is 26.0 Å². The summed E-state index contributed by atoms with van der Waals surface area (Å²) in [5.41, 5.74) is 9.04. The van der Waals surface area contributed by atoms with E-state index in [9.17, 15) is 0 Å². The van der Waals surface area contributed by atoms with Crippen molar-refractivity contribution < 1.29 is 0 Å². The largest absolute Gasteiger partial charge is 0.321 e. The first-order chi connectivity index (χ1) is 8.84. The minimum absolute atomic E-state index is 0.0786. The van der Waals surface area contributed by atoms with Crippen molar-refractivity contribution in [1.82, 2.24) is 0 Å². The molecule has 2 aromatic rings. The standard InChI is InChI=1S/C17H19N/c18-17(14-7-2-1-3-8-14)16-11-10-13-6-4-5-9-15(13)12-16/h4-7,9-12,17H,1-3,8,18H2. The van der Waals surface area contributed by atoms with E-state index in [1.807, 2.05) is 0 Å². The van der Waals surface area contributed by atoms with E-state index in [0.29, 0.717) is 0 Å². The fourth-order valence-electron chi connectivity index (χ4n) is 2.76. The lowest BCUT2D eigenvalue weighted by atomic mass is 9.89. The Labute approximate surface area is 108 Å². The van der Waals surface area contributed by atoms with E-state index < -0.39 is 0 Å². The molecule has 0 bridgehead atoms. The number of fused-ring (bicyclic) bond motifs is 1. The molecule has 92 valence electrons. The van der Waals surface area contributed by atoms with Crippen molar-refractivity contribution in [3.05, 3.63) is 59.7 Å². The molecule has 0 amide bonds. The predicted octanol–water partition coefficient (Wildman–Crippen LogP) is 4.34. The van der Waals surface area contributed by atoms with Crippen molar-refractivity contribution in [1.29, 1.82) is 0 Å². The van der Waals surface area contributed by atoms with Gasteiger partial charge in [0.2, 0.25) is 0 Å². The van der Waals surface area contributed by atoms with Crippen molar-refractivity contribution in [2.75, 3.05) is 0 Å². The van der Waals surface area contributed by atoms with Gasteiger partial charge in [0, 0.05) is 0 Å². The van der Waals surface area contributed by atoms with Gasteiger partial charge in [-0.3, -0.25) is 0 Å². The molecule has 0 saturated heterocycles. The summed E-state index contributed by atoms with van der Waals surface area (Å²) < 4.78 is 0. The summed E-state index contributed by atoms with van der Waals surface area (Å²) >= 11 is 0. The van der Waals surface area contributed by atoms with E-state index in [2.05, 4.69) is 48.5 Å². The van der Waals surface area contributed by atoms with Crippen LogP contribution in [0.1, 0.15) is 37.3 Å². The summed E-state index contributed by atoms with van der Waals surface area (Å²) in [5.74, 6) is 0. The minimum Gasteiger partial charge on any atom is -0.321 e. The zero-order chi connectivity index (χ0) is 12.4. The Morgan fingerprint density at radius 2 is 1.78 bits per heavy atom. The molecule has 0 spiro atoms. The highest BCUT2D eigenvalue weighted by Crippen LogP contribution is 2.29. The van der Waals surface area contributed by atoms with Crippen LogP contribution in [0.5, 0.6) is 0 Å². The van der Waals surface area contributed by atoms with Crippen molar-refractivity contribution in [3.8, 4) is 0 Å². The lowest BCUT2D eigenvalue weighted by Gasteiger charge is -2.20. The smallest absolute Gasteiger partial charge is 0.0511 e. The molecule has 3 rings (SSSR count). The highest BCUT2D eigenvalue weighted by atomic mass is 14.6. The molecule has 0 aliphatic heterocycles. The van der Waals surface area contributed by atoms with Gasteiger partial charge >= 0.3 is 0 Å². The van der Waals surface area contributed by atoms with Gasteiger partial charge in [0.1, 0.15) is 0 Å². The maximum absolute atomic E-state index is 6.39. The Hall–Kier alpha value is -1.60. The molecule has 18 heavy (non-hydrogen) atoms. The first-order valence-corrected chi connectivity index (χ1v) is 6.78. The summed E-state index contributed by atoms with van der Waals surface area (Å²) in [4.78, 5) is 0. The molecule has 0 radical (unpaired) electrons. The summed E-state index contributed by atoms with van der Waals surface area (Å²) in [6.07, 6.45) is 7.29. The number of allylic oxidation sites excluding steroid dienone is 1. The minimum atomic E-state index is 0.0786. The third-order valence-electron chi connectivity index (χ3n) is 3.86. The quantitative estimate of drug-likeness (QED) is 0.772. The number of hydrogen-bond donors (Lipinski definition) is 1. The maximum atomic E-state index is 6.39. The first-order valence-electron chi connectivity index (χ1n) is 6.78. The summed E-state index contributed by atoms with van der Waals surface area (Å²) in [6, 6.07) is 15.1. The molecule has 2 N–H and O–H groups in total. The van der Waals surface area contributed by atoms with Gasteiger partial charge < -0.3 is 5.73 Å². The molecular formula is C17H19N. The molecule has 1 unspecified atom stereocenters. The van der Waals surface area contributed by atoms with E-state index in [0.717, 1.165) is 6.42 Å². The summed E-state index contributed by atoms with van der Waals surface area (Å²) in [7, 11) is 0. The molecule has 1 heteroatoms. The Kier molecular flexibility index (Phi) is 3.16. The molecule has 1 atom stereocenters. The summed E-state index contributed by atoms with van der Waals surface area (Å²) in [6.45, 7) is 0. The van der Waals surface area contributed by atoms with Crippen LogP contribution in [0.2, 0.25) is 0 Å². The van der Waals surface area contributed by atoms with Crippen LogP contribution in [0.4, 0.5) is 0 Å². The lowest BCUT2D eigenvalue weighted by Crippen LogP contribution is -2.14. The number of nitrogens with two attached hydrogens (primary N) is 1. The van der Waals surface area contributed by atoms with Crippen LogP contribution in [0.3, 0.4) is 0 Å². The van der Waals surface area contributed by atoms with E-state index in [1.165, 1.54) is 41.2 Å². The third-order valence-corrected chi connectivity index (χ3v) is 3.86. The second-order valence-electron chi connectivity index (χ2n) is 5.11. The van der Waals surface area contributed by atoms with Crippen LogP contribution in [0.25, 0.3) is 10.8 Å². The van der Waals surface area contributed by atoms with Gasteiger partial charge in [-0.25, -0.2) is 0 Å². The molecule has 2 aromatic carbocycles. The Bertz CT molecular complexity index is 583. The zero-order valence-corrected chi connectivity index (χ0v) is 10.6. The van der Waals surface area contributed by atoms with Gasteiger partial charge in [-0.05, 0) is 48.1 Å². The number of hydrogen-bond acceptors (Lipinski definition) is 1. The number of rotatable bonds is 2. The monoisotopic (exact) mass is 237 g/mol. The van der Waals surface area contributed by atoms with E-state index in [-0.39, 0.29) is 6.04 Å². The highest BCUT2D eigenvalue weighted by Gasteiger charge is 2.14. The van der Waals surface area contributed by atoms with Gasteiger partial charge in [-0.2, -0.15) is 0 Å². The van der Waals surface area contributed by atoms with Gasteiger partial charge in [0.15, 0.2) is 0 Å². The van der Waals surface area contributed by atoms with Crippen molar-refractivity contribution in [2.45, 2.75) is 31.7 Å². The van der Waals surface area contributed by atoms with Crippen LogP contribution >= 0.6 is 0 Å². The van der Waals surface area contributed by atoms with Crippen LogP contribution < -0.4 is 5.73 Å². The SMILES string of the molecule is NC(C1=CCCCC1)c1ccc2ccccc2c1. The second kappa shape index (κ2) is 4.95. The maximum Gasteiger partial charge on any atom is 0.0511 e. The third kappa shape index (κ3) is 2.19.